The Morgan fingerprint density at radius 1 is 1.32 bits per heavy atom. The average Bonchev–Trinajstić information content (AvgIpc) is 2.44. The van der Waals surface area contributed by atoms with Crippen LogP contribution in [-0.4, -0.2) is 43.8 Å². The molecule has 0 radical (unpaired) electrons. The maximum atomic E-state index is 12.5. The Morgan fingerprint density at radius 2 is 1.95 bits per heavy atom. The molecule has 6 nitrogen and oxygen atoms in total. The van der Waals surface area contributed by atoms with Crippen LogP contribution >= 0.6 is 0 Å². The van der Waals surface area contributed by atoms with Crippen molar-refractivity contribution >= 4 is 15.9 Å². The molecule has 0 fully saturated rings. The van der Waals surface area contributed by atoms with Crippen LogP contribution in [0.2, 0.25) is 0 Å². The van der Waals surface area contributed by atoms with Crippen molar-refractivity contribution in [1.29, 1.82) is 0 Å². The highest BCUT2D eigenvalue weighted by Gasteiger charge is 2.40. The second-order valence-corrected chi connectivity index (χ2v) is 8.42. The van der Waals surface area contributed by atoms with Crippen LogP contribution in [0.5, 0.6) is 5.75 Å². The van der Waals surface area contributed by atoms with E-state index in [-0.39, 0.29) is 6.04 Å². The summed E-state index contributed by atoms with van der Waals surface area (Å²) in [6, 6.07) is 4.77. The van der Waals surface area contributed by atoms with Crippen LogP contribution in [0, 0.1) is 6.57 Å². The molecule has 0 saturated heterocycles. The second kappa shape index (κ2) is 5.54. The van der Waals surface area contributed by atoms with Gasteiger partial charge in [-0.25, -0.2) is 4.85 Å². The molecule has 0 spiro atoms. The highest BCUT2D eigenvalue weighted by atomic mass is 32.2. The van der Waals surface area contributed by atoms with E-state index in [9.17, 15) is 8.42 Å². The summed E-state index contributed by atoms with van der Waals surface area (Å²) in [5.74, 6) is 0.634. The minimum Gasteiger partial charge on any atom is -0.488 e. The van der Waals surface area contributed by atoms with Crippen LogP contribution in [0.4, 0.5) is 5.69 Å². The molecule has 1 unspecified atom stereocenters. The van der Waals surface area contributed by atoms with Crippen LogP contribution in [0.1, 0.15) is 31.9 Å². The summed E-state index contributed by atoms with van der Waals surface area (Å²) in [5, 5.41) is 0. The monoisotopic (exact) mass is 323 g/mol. The fraction of sp³-hybridized carbons (Fsp3) is 0.533. The molecule has 1 aromatic rings. The van der Waals surface area contributed by atoms with Gasteiger partial charge in [-0.15, -0.1) is 0 Å². The minimum absolute atomic E-state index is 0.368. The molecule has 1 aliphatic rings. The first-order valence-corrected chi connectivity index (χ1v) is 8.34. The molecular formula is C15H21N3O3S. The molecule has 0 aliphatic carbocycles. The summed E-state index contributed by atoms with van der Waals surface area (Å²) >= 11 is 0. The lowest BCUT2D eigenvalue weighted by Gasteiger charge is -2.41. The van der Waals surface area contributed by atoms with E-state index < -0.39 is 15.8 Å². The Hall–Kier alpha value is -1.62. The van der Waals surface area contributed by atoms with Crippen molar-refractivity contribution < 1.29 is 13.2 Å². The maximum absolute atomic E-state index is 12.5. The van der Waals surface area contributed by atoms with Gasteiger partial charge in [0.15, 0.2) is 5.69 Å². The summed E-state index contributed by atoms with van der Waals surface area (Å²) in [6.07, 6.45) is 0.519. The van der Waals surface area contributed by atoms with Crippen LogP contribution in [0.25, 0.3) is 4.85 Å². The summed E-state index contributed by atoms with van der Waals surface area (Å²) in [7, 11) is 1.02. The number of hydrogen-bond acceptors (Lipinski definition) is 3. The minimum atomic E-state index is -3.56. The van der Waals surface area contributed by atoms with Gasteiger partial charge in [0.1, 0.15) is 11.4 Å². The molecule has 120 valence electrons. The zero-order chi connectivity index (χ0) is 16.7. The molecule has 1 aromatic carbocycles. The van der Waals surface area contributed by atoms with E-state index in [1.807, 2.05) is 13.8 Å². The van der Waals surface area contributed by atoms with Gasteiger partial charge in [-0.05, 0) is 26.0 Å². The van der Waals surface area contributed by atoms with Crippen molar-refractivity contribution in [3.05, 3.63) is 35.2 Å². The van der Waals surface area contributed by atoms with Gasteiger partial charge in [0.05, 0.1) is 12.6 Å². The van der Waals surface area contributed by atoms with Gasteiger partial charge in [-0.3, -0.25) is 0 Å². The van der Waals surface area contributed by atoms with Gasteiger partial charge >= 0.3 is 0 Å². The lowest BCUT2D eigenvalue weighted by Crippen LogP contribution is -2.45. The van der Waals surface area contributed by atoms with Crippen molar-refractivity contribution in [3.63, 3.8) is 0 Å². The molecular weight excluding hydrogens is 302 g/mol. The normalized spacial score (nSPS) is 20.4. The van der Waals surface area contributed by atoms with Crippen molar-refractivity contribution in [2.75, 3.05) is 21.1 Å². The number of nitrogens with zero attached hydrogens (tertiary/aromatic N) is 3. The van der Waals surface area contributed by atoms with E-state index in [4.69, 9.17) is 11.3 Å². The largest absolute Gasteiger partial charge is 0.488 e. The van der Waals surface area contributed by atoms with Crippen LogP contribution < -0.4 is 4.74 Å². The van der Waals surface area contributed by atoms with Crippen molar-refractivity contribution in [1.82, 2.24) is 8.61 Å². The number of rotatable bonds is 3. The van der Waals surface area contributed by atoms with Gasteiger partial charge in [0.25, 0.3) is 10.2 Å². The zero-order valence-electron chi connectivity index (χ0n) is 13.5. The van der Waals surface area contributed by atoms with E-state index in [1.54, 1.807) is 25.2 Å². The van der Waals surface area contributed by atoms with Crippen molar-refractivity contribution in [3.8, 4) is 5.75 Å². The Labute approximate surface area is 132 Å². The van der Waals surface area contributed by atoms with E-state index >= 15 is 0 Å². The molecule has 0 amide bonds. The SMILES string of the molecule is [C-]#[N+]c1ccc2c(c1)C(N(C)S(=O)(=O)N(C)C)CC(C)(C)O2. The van der Waals surface area contributed by atoms with Gasteiger partial charge in [-0.1, -0.05) is 6.07 Å². The highest BCUT2D eigenvalue weighted by molar-refractivity contribution is 7.86. The standard InChI is InChI=1S/C15H21N3O3S/c1-15(2)10-13(18(6)22(19,20)17(4)5)12-9-11(16-3)7-8-14(12)21-15/h7-9,13H,10H2,1-2,4-6H3. The Morgan fingerprint density at radius 3 is 2.50 bits per heavy atom. The number of fused-ring (bicyclic) bond motifs is 1. The smallest absolute Gasteiger partial charge is 0.281 e. The summed E-state index contributed by atoms with van der Waals surface area (Å²) in [4.78, 5) is 3.42. The Bertz CT molecular complexity index is 720. The predicted molar refractivity (Wildman–Crippen MR) is 85.1 cm³/mol. The van der Waals surface area contributed by atoms with Crippen LogP contribution in [-0.2, 0) is 10.2 Å². The summed E-state index contributed by atoms with van der Waals surface area (Å²) in [5.41, 5.74) is 0.733. The first-order valence-electron chi connectivity index (χ1n) is 6.94. The van der Waals surface area contributed by atoms with Gasteiger partial charge in [0, 0.05) is 33.1 Å². The molecule has 1 heterocycles. The quantitative estimate of drug-likeness (QED) is 0.803. The molecule has 1 atom stereocenters. The Balaban J connectivity index is 2.55. The summed E-state index contributed by atoms with van der Waals surface area (Å²) < 4.78 is 33.4. The van der Waals surface area contributed by atoms with Crippen molar-refractivity contribution in [2.24, 2.45) is 0 Å². The fourth-order valence-corrected chi connectivity index (χ4v) is 3.64. The molecule has 0 saturated carbocycles. The first kappa shape index (κ1) is 16.7. The molecule has 7 heteroatoms. The van der Waals surface area contributed by atoms with Gasteiger partial charge in [0.2, 0.25) is 0 Å². The average molecular weight is 323 g/mol. The van der Waals surface area contributed by atoms with E-state index in [0.717, 1.165) is 5.56 Å². The molecule has 1 aliphatic heterocycles. The third-order valence-electron chi connectivity index (χ3n) is 3.82. The lowest BCUT2D eigenvalue weighted by atomic mass is 9.89. The highest BCUT2D eigenvalue weighted by Crippen LogP contribution is 2.44. The number of benzene rings is 1. The van der Waals surface area contributed by atoms with Gasteiger partial charge in [-0.2, -0.15) is 17.0 Å². The second-order valence-electron chi connectivity index (χ2n) is 6.22. The number of hydrogen-bond donors (Lipinski definition) is 0. The van der Waals surface area contributed by atoms with Crippen LogP contribution in [0.15, 0.2) is 18.2 Å². The maximum Gasteiger partial charge on any atom is 0.281 e. The molecule has 2 rings (SSSR count). The molecule has 0 bridgehead atoms. The van der Waals surface area contributed by atoms with E-state index in [0.29, 0.717) is 17.9 Å². The van der Waals surface area contributed by atoms with E-state index in [1.165, 1.54) is 22.7 Å². The predicted octanol–water partition coefficient (Wildman–Crippen LogP) is 2.58. The molecule has 22 heavy (non-hydrogen) atoms. The summed E-state index contributed by atoms with van der Waals surface area (Å²) in [6.45, 7) is 11.0. The third-order valence-corrected chi connectivity index (χ3v) is 5.72. The van der Waals surface area contributed by atoms with E-state index in [2.05, 4.69) is 4.85 Å². The zero-order valence-corrected chi connectivity index (χ0v) is 14.3. The third kappa shape index (κ3) is 2.95. The lowest BCUT2D eigenvalue weighted by molar-refractivity contribution is 0.0534. The fourth-order valence-electron chi connectivity index (χ4n) is 2.62. The van der Waals surface area contributed by atoms with Crippen LogP contribution in [0.3, 0.4) is 0 Å². The van der Waals surface area contributed by atoms with Crippen molar-refractivity contribution in [2.45, 2.75) is 31.9 Å². The van der Waals surface area contributed by atoms with Gasteiger partial charge < -0.3 is 4.74 Å². The molecule has 0 aromatic heterocycles. The Kier molecular flexibility index (Phi) is 4.22. The molecule has 0 N–H and O–H groups in total. The topological polar surface area (TPSA) is 54.2 Å². The number of ether oxygens (including phenoxy) is 1. The first-order chi connectivity index (χ1) is 10.1.